The Morgan fingerprint density at radius 3 is 3.19 bits per heavy atom. The molecule has 0 spiro atoms. The average Bonchev–Trinajstić information content (AvgIpc) is 3.21. The van der Waals surface area contributed by atoms with Gasteiger partial charge in [0.1, 0.15) is 18.0 Å². The molecule has 0 aliphatic carbocycles. The third-order valence-corrected chi connectivity index (χ3v) is 4.38. The molecular formula is C19H22N7. The van der Waals surface area contributed by atoms with Gasteiger partial charge in [0.15, 0.2) is 5.82 Å². The summed E-state index contributed by atoms with van der Waals surface area (Å²) in [7, 11) is 0. The van der Waals surface area contributed by atoms with E-state index in [0.717, 1.165) is 42.5 Å². The van der Waals surface area contributed by atoms with Crippen LogP contribution in [0.3, 0.4) is 0 Å². The van der Waals surface area contributed by atoms with Crippen LogP contribution >= 0.6 is 0 Å². The molecule has 1 aliphatic heterocycles. The van der Waals surface area contributed by atoms with Crippen LogP contribution in [0.25, 0.3) is 5.82 Å². The zero-order chi connectivity index (χ0) is 17.8. The molecule has 2 N–H and O–H groups in total. The molecule has 0 amide bonds. The quantitative estimate of drug-likeness (QED) is 0.713. The summed E-state index contributed by atoms with van der Waals surface area (Å²) >= 11 is 0. The first-order valence-corrected chi connectivity index (χ1v) is 8.93. The minimum Gasteiger partial charge on any atom is -0.370 e. The van der Waals surface area contributed by atoms with E-state index >= 15 is 0 Å². The van der Waals surface area contributed by atoms with Crippen LogP contribution in [0.15, 0.2) is 43.0 Å². The van der Waals surface area contributed by atoms with E-state index in [1.54, 1.807) is 17.2 Å². The Morgan fingerprint density at radius 2 is 2.31 bits per heavy atom. The molecule has 1 aliphatic rings. The van der Waals surface area contributed by atoms with Crippen molar-refractivity contribution in [3.8, 4) is 5.82 Å². The maximum Gasteiger partial charge on any atom is 0.158 e. The van der Waals surface area contributed by atoms with Crippen molar-refractivity contribution in [3.63, 3.8) is 0 Å². The van der Waals surface area contributed by atoms with E-state index < -0.39 is 0 Å². The minimum absolute atomic E-state index is 0.223. The smallest absolute Gasteiger partial charge is 0.158 e. The van der Waals surface area contributed by atoms with Crippen LogP contribution in [0.5, 0.6) is 0 Å². The highest BCUT2D eigenvalue weighted by molar-refractivity contribution is 5.48. The largest absolute Gasteiger partial charge is 0.370 e. The average molecular weight is 348 g/mol. The van der Waals surface area contributed by atoms with Gasteiger partial charge in [-0.2, -0.15) is 5.10 Å². The van der Waals surface area contributed by atoms with E-state index in [1.807, 2.05) is 18.3 Å². The monoisotopic (exact) mass is 348 g/mol. The minimum atomic E-state index is 0.223. The molecule has 0 saturated heterocycles. The third kappa shape index (κ3) is 3.82. The Hall–Kier alpha value is -2.96. The van der Waals surface area contributed by atoms with Crippen molar-refractivity contribution in [1.82, 2.24) is 24.7 Å². The summed E-state index contributed by atoms with van der Waals surface area (Å²) in [5.74, 6) is 2.56. The molecule has 3 aromatic heterocycles. The second-order valence-electron chi connectivity index (χ2n) is 6.47. The van der Waals surface area contributed by atoms with Gasteiger partial charge in [-0.15, -0.1) is 0 Å². The molecule has 0 aromatic carbocycles. The predicted molar refractivity (Wildman–Crippen MR) is 101 cm³/mol. The lowest BCUT2D eigenvalue weighted by Crippen LogP contribution is -2.17. The molecule has 1 radical (unpaired) electrons. The number of aromatic nitrogens is 5. The first kappa shape index (κ1) is 16.5. The van der Waals surface area contributed by atoms with Gasteiger partial charge in [-0.05, 0) is 43.9 Å². The Bertz CT molecular complexity index is 860. The second-order valence-corrected chi connectivity index (χ2v) is 6.47. The van der Waals surface area contributed by atoms with Crippen LogP contribution in [0.4, 0.5) is 11.6 Å². The standard InChI is InChI=1S/C19H22N7/c1-14(5-7-16-8-6-15-4-2-9-20-19(15)25-16)24-17-12-18(22-13-21-17)26-11-3-10-23-26/h3,6-8,10-14H,2,4-5,9H2,1H3,(H,20,25)(H,21,22,24)/t14-/m0/s1. The maximum absolute atomic E-state index is 4.71. The van der Waals surface area contributed by atoms with Gasteiger partial charge >= 0.3 is 0 Å². The topological polar surface area (TPSA) is 80.5 Å². The fourth-order valence-corrected chi connectivity index (χ4v) is 3.02. The molecule has 7 nitrogen and oxygen atoms in total. The SMILES string of the molecule is C[C@@H](C[CH]c1ccc2c(n1)NCCC2)Nc1cc(-n2cccn2)ncn1. The fraction of sp³-hybridized carbons (Fsp3) is 0.316. The van der Waals surface area contributed by atoms with Crippen LogP contribution in [0.2, 0.25) is 0 Å². The number of anilines is 2. The summed E-state index contributed by atoms with van der Waals surface area (Å²) in [6.07, 6.45) is 10.4. The van der Waals surface area contributed by atoms with E-state index in [1.165, 1.54) is 12.0 Å². The lowest BCUT2D eigenvalue weighted by Gasteiger charge is -2.18. The van der Waals surface area contributed by atoms with E-state index in [9.17, 15) is 0 Å². The van der Waals surface area contributed by atoms with Crippen molar-refractivity contribution in [1.29, 1.82) is 0 Å². The highest BCUT2D eigenvalue weighted by atomic mass is 15.3. The number of fused-ring (bicyclic) bond motifs is 1. The van der Waals surface area contributed by atoms with Gasteiger partial charge in [-0.1, -0.05) is 6.07 Å². The van der Waals surface area contributed by atoms with Crippen molar-refractivity contribution in [2.75, 3.05) is 17.2 Å². The molecular weight excluding hydrogens is 326 g/mol. The van der Waals surface area contributed by atoms with Gasteiger partial charge in [-0.25, -0.2) is 19.6 Å². The van der Waals surface area contributed by atoms with E-state index in [2.05, 4.69) is 51.2 Å². The van der Waals surface area contributed by atoms with Crippen LogP contribution < -0.4 is 10.6 Å². The predicted octanol–water partition coefficient (Wildman–Crippen LogP) is 2.86. The van der Waals surface area contributed by atoms with Crippen molar-refractivity contribution in [3.05, 3.63) is 60.7 Å². The van der Waals surface area contributed by atoms with Gasteiger partial charge in [0.05, 0.1) is 0 Å². The highest BCUT2D eigenvalue weighted by Crippen LogP contribution is 2.21. The Labute approximate surface area is 152 Å². The normalized spacial score (nSPS) is 14.3. The third-order valence-electron chi connectivity index (χ3n) is 4.38. The first-order chi connectivity index (χ1) is 12.8. The Kier molecular flexibility index (Phi) is 4.77. The molecule has 3 aromatic rings. The molecule has 0 unspecified atom stereocenters. The molecule has 0 saturated carbocycles. The molecule has 26 heavy (non-hydrogen) atoms. The van der Waals surface area contributed by atoms with Gasteiger partial charge in [0.25, 0.3) is 0 Å². The zero-order valence-electron chi connectivity index (χ0n) is 14.8. The number of hydrogen-bond acceptors (Lipinski definition) is 6. The number of nitrogens with zero attached hydrogens (tertiary/aromatic N) is 5. The number of pyridine rings is 1. The van der Waals surface area contributed by atoms with Crippen molar-refractivity contribution < 1.29 is 0 Å². The van der Waals surface area contributed by atoms with Gasteiger partial charge in [0.2, 0.25) is 0 Å². The molecule has 4 heterocycles. The van der Waals surface area contributed by atoms with Crippen molar-refractivity contribution in [2.24, 2.45) is 0 Å². The van der Waals surface area contributed by atoms with Crippen LogP contribution in [0, 0.1) is 6.42 Å². The summed E-state index contributed by atoms with van der Waals surface area (Å²) in [5, 5.41) is 11.0. The summed E-state index contributed by atoms with van der Waals surface area (Å²) in [6, 6.07) is 8.26. The zero-order valence-corrected chi connectivity index (χ0v) is 14.8. The molecule has 1 atom stereocenters. The second kappa shape index (κ2) is 7.51. The Balaban J connectivity index is 1.36. The summed E-state index contributed by atoms with van der Waals surface area (Å²) < 4.78 is 1.72. The fourth-order valence-electron chi connectivity index (χ4n) is 3.02. The number of nitrogens with one attached hydrogen (secondary N) is 2. The lowest BCUT2D eigenvalue weighted by atomic mass is 10.1. The molecule has 0 fully saturated rings. The summed E-state index contributed by atoms with van der Waals surface area (Å²) in [4.78, 5) is 13.3. The van der Waals surface area contributed by atoms with Crippen LogP contribution in [0.1, 0.15) is 31.0 Å². The molecule has 7 heteroatoms. The number of hydrogen-bond donors (Lipinski definition) is 2. The van der Waals surface area contributed by atoms with Gasteiger partial charge in [0, 0.05) is 43.2 Å². The number of aryl methyl sites for hydroxylation is 1. The molecule has 0 bridgehead atoms. The van der Waals surface area contributed by atoms with E-state index in [-0.39, 0.29) is 6.04 Å². The van der Waals surface area contributed by atoms with Crippen LogP contribution in [-0.4, -0.2) is 37.3 Å². The van der Waals surface area contributed by atoms with E-state index in [4.69, 9.17) is 4.98 Å². The van der Waals surface area contributed by atoms with Crippen LogP contribution in [-0.2, 0) is 6.42 Å². The van der Waals surface area contributed by atoms with Crippen molar-refractivity contribution >= 4 is 11.6 Å². The van der Waals surface area contributed by atoms with Gasteiger partial charge in [-0.3, -0.25) is 0 Å². The molecule has 133 valence electrons. The number of rotatable bonds is 6. The first-order valence-electron chi connectivity index (χ1n) is 8.93. The Morgan fingerprint density at radius 1 is 1.35 bits per heavy atom. The summed E-state index contributed by atoms with van der Waals surface area (Å²) in [5.41, 5.74) is 2.32. The van der Waals surface area contributed by atoms with Crippen molar-refractivity contribution in [2.45, 2.75) is 32.2 Å². The summed E-state index contributed by atoms with van der Waals surface area (Å²) in [6.45, 7) is 3.14. The highest BCUT2D eigenvalue weighted by Gasteiger charge is 2.11. The molecule has 4 rings (SSSR count). The van der Waals surface area contributed by atoms with Gasteiger partial charge < -0.3 is 10.6 Å². The maximum atomic E-state index is 4.71. The van der Waals surface area contributed by atoms with E-state index in [0.29, 0.717) is 0 Å². The lowest BCUT2D eigenvalue weighted by molar-refractivity contribution is 0.767.